The summed E-state index contributed by atoms with van der Waals surface area (Å²) in [6, 6.07) is 14.2. The van der Waals surface area contributed by atoms with Crippen molar-refractivity contribution in [2.24, 2.45) is 0 Å². The van der Waals surface area contributed by atoms with E-state index in [1.165, 1.54) is 4.90 Å². The Bertz CT molecular complexity index is 844. The Hall–Kier alpha value is -2.24. The Morgan fingerprint density at radius 3 is 2.44 bits per heavy atom. The van der Waals surface area contributed by atoms with E-state index in [2.05, 4.69) is 0 Å². The molecule has 1 saturated heterocycles. The van der Waals surface area contributed by atoms with Crippen molar-refractivity contribution in [1.29, 1.82) is 0 Å². The molecule has 142 valence electrons. The minimum absolute atomic E-state index is 0.0885. The fourth-order valence-corrected chi connectivity index (χ4v) is 3.89. The largest absolute Gasteiger partial charge is 0.465 e. The lowest BCUT2D eigenvalue weighted by Crippen LogP contribution is -2.51. The molecule has 2 atom stereocenters. The van der Waals surface area contributed by atoms with Gasteiger partial charge in [0.25, 0.3) is 5.91 Å². The maximum atomic E-state index is 12.9. The molecule has 1 aliphatic heterocycles. The van der Waals surface area contributed by atoms with Crippen molar-refractivity contribution < 1.29 is 14.7 Å². The quantitative estimate of drug-likeness (QED) is 0.809. The zero-order chi connectivity index (χ0) is 19.6. The minimum atomic E-state index is -0.962. The van der Waals surface area contributed by atoms with Crippen LogP contribution in [0.4, 0.5) is 4.79 Å². The number of rotatable bonds is 3. The van der Waals surface area contributed by atoms with E-state index in [-0.39, 0.29) is 17.9 Å². The Labute approximate surface area is 168 Å². The predicted molar refractivity (Wildman–Crippen MR) is 106 cm³/mol. The lowest BCUT2D eigenvalue weighted by atomic mass is 9.85. The highest BCUT2D eigenvalue weighted by molar-refractivity contribution is 6.42. The Morgan fingerprint density at radius 2 is 1.81 bits per heavy atom. The van der Waals surface area contributed by atoms with Crippen molar-refractivity contribution in [3.63, 3.8) is 0 Å². The van der Waals surface area contributed by atoms with E-state index in [9.17, 15) is 14.7 Å². The van der Waals surface area contributed by atoms with E-state index in [4.69, 9.17) is 23.2 Å². The first-order valence-corrected chi connectivity index (χ1v) is 9.39. The van der Waals surface area contributed by atoms with Gasteiger partial charge in [-0.15, -0.1) is 0 Å². The monoisotopic (exact) mass is 406 g/mol. The van der Waals surface area contributed by atoms with Crippen LogP contribution >= 0.6 is 23.2 Å². The van der Waals surface area contributed by atoms with Crippen LogP contribution < -0.4 is 0 Å². The molecule has 0 aliphatic carbocycles. The smallest absolute Gasteiger partial charge is 0.407 e. The molecule has 3 rings (SSSR count). The Morgan fingerprint density at radius 1 is 1.11 bits per heavy atom. The van der Waals surface area contributed by atoms with Crippen molar-refractivity contribution in [2.75, 3.05) is 20.1 Å². The Balaban J connectivity index is 1.92. The fraction of sp³-hybridized carbons (Fsp3) is 0.300. The van der Waals surface area contributed by atoms with Crippen molar-refractivity contribution in [3.05, 3.63) is 69.7 Å². The van der Waals surface area contributed by atoms with E-state index in [0.29, 0.717) is 35.1 Å². The van der Waals surface area contributed by atoms with Gasteiger partial charge in [0.2, 0.25) is 0 Å². The van der Waals surface area contributed by atoms with E-state index in [1.807, 2.05) is 24.3 Å². The van der Waals surface area contributed by atoms with Gasteiger partial charge in [-0.3, -0.25) is 4.79 Å². The molecule has 27 heavy (non-hydrogen) atoms. The number of carbonyl (C=O) groups is 2. The molecule has 1 N–H and O–H groups in total. The number of hydrogen-bond acceptors (Lipinski definition) is 2. The van der Waals surface area contributed by atoms with Gasteiger partial charge < -0.3 is 14.9 Å². The first-order valence-electron chi connectivity index (χ1n) is 8.63. The van der Waals surface area contributed by atoms with Crippen LogP contribution in [0, 0.1) is 0 Å². The van der Waals surface area contributed by atoms with Crippen molar-refractivity contribution in [3.8, 4) is 0 Å². The molecule has 1 heterocycles. The molecule has 1 fully saturated rings. The van der Waals surface area contributed by atoms with Crippen LogP contribution in [0.1, 0.15) is 28.3 Å². The number of hydrogen-bond donors (Lipinski definition) is 1. The number of piperidine rings is 1. The van der Waals surface area contributed by atoms with Crippen LogP contribution in [0.2, 0.25) is 10.0 Å². The summed E-state index contributed by atoms with van der Waals surface area (Å²) in [6.07, 6.45) is -0.415. The molecule has 5 nitrogen and oxygen atoms in total. The summed E-state index contributed by atoms with van der Waals surface area (Å²) in [5.74, 6) is -0.281. The van der Waals surface area contributed by atoms with Crippen LogP contribution in [-0.2, 0) is 0 Å². The zero-order valence-corrected chi connectivity index (χ0v) is 16.3. The third-order valence-electron chi connectivity index (χ3n) is 5.06. The highest BCUT2D eigenvalue weighted by Crippen LogP contribution is 2.34. The number of likely N-dealkylation sites (N-methyl/N-ethyl adjacent to an activating group) is 1. The summed E-state index contributed by atoms with van der Waals surface area (Å²) in [5, 5.41) is 10.3. The SMILES string of the molecule is CN(C(=O)c1ccccc1)[C@@H]1CCN(C(=O)O)C[C@H]1c1ccc(Cl)c(Cl)c1. The van der Waals surface area contributed by atoms with Gasteiger partial charge in [-0.1, -0.05) is 47.5 Å². The first kappa shape index (κ1) is 19.5. The molecule has 2 aromatic rings. The van der Waals surface area contributed by atoms with Gasteiger partial charge in [-0.05, 0) is 36.2 Å². The lowest BCUT2D eigenvalue weighted by molar-refractivity contribution is 0.0591. The summed E-state index contributed by atoms with van der Waals surface area (Å²) in [6.45, 7) is 0.675. The third-order valence-corrected chi connectivity index (χ3v) is 5.80. The zero-order valence-electron chi connectivity index (χ0n) is 14.8. The highest BCUT2D eigenvalue weighted by atomic mass is 35.5. The number of likely N-dealkylation sites (tertiary alicyclic amines) is 1. The Kier molecular flexibility index (Phi) is 5.92. The summed E-state index contributed by atoms with van der Waals surface area (Å²) < 4.78 is 0. The summed E-state index contributed by atoms with van der Waals surface area (Å²) in [7, 11) is 1.76. The van der Waals surface area contributed by atoms with E-state index in [0.717, 1.165) is 5.56 Å². The molecular formula is C20H20Cl2N2O3. The molecule has 0 saturated carbocycles. The van der Waals surface area contributed by atoms with Gasteiger partial charge in [0.05, 0.1) is 10.0 Å². The molecule has 2 aromatic carbocycles. The van der Waals surface area contributed by atoms with Gasteiger partial charge in [0.15, 0.2) is 0 Å². The van der Waals surface area contributed by atoms with Crippen LogP contribution in [0.3, 0.4) is 0 Å². The molecule has 1 aliphatic rings. The van der Waals surface area contributed by atoms with Gasteiger partial charge >= 0.3 is 6.09 Å². The summed E-state index contributed by atoms with van der Waals surface area (Å²) in [5.41, 5.74) is 1.47. The summed E-state index contributed by atoms with van der Waals surface area (Å²) in [4.78, 5) is 27.5. The topological polar surface area (TPSA) is 60.9 Å². The van der Waals surface area contributed by atoms with Gasteiger partial charge in [0.1, 0.15) is 0 Å². The molecule has 7 heteroatoms. The lowest BCUT2D eigenvalue weighted by Gasteiger charge is -2.42. The standard InChI is InChI=1S/C20H20Cl2N2O3/c1-23(19(25)13-5-3-2-4-6-13)18-9-10-24(20(26)27)12-15(18)14-7-8-16(21)17(22)11-14/h2-8,11,15,18H,9-10,12H2,1H3,(H,26,27)/t15-,18+/m0/s1. The number of carboxylic acid groups (broad SMARTS) is 1. The maximum absolute atomic E-state index is 12.9. The van der Waals surface area contributed by atoms with Crippen LogP contribution in [0.15, 0.2) is 48.5 Å². The van der Waals surface area contributed by atoms with Gasteiger partial charge in [-0.25, -0.2) is 4.79 Å². The molecule has 2 amide bonds. The van der Waals surface area contributed by atoms with E-state index >= 15 is 0 Å². The summed E-state index contributed by atoms with van der Waals surface area (Å²) >= 11 is 12.2. The number of benzene rings is 2. The van der Waals surface area contributed by atoms with Crippen molar-refractivity contribution in [2.45, 2.75) is 18.4 Å². The average molecular weight is 407 g/mol. The van der Waals surface area contributed by atoms with Crippen LogP contribution in [-0.4, -0.2) is 53.1 Å². The third kappa shape index (κ3) is 4.20. The molecule has 0 bridgehead atoms. The second kappa shape index (κ2) is 8.19. The van der Waals surface area contributed by atoms with Gasteiger partial charge in [0, 0.05) is 37.7 Å². The van der Waals surface area contributed by atoms with Crippen molar-refractivity contribution >= 4 is 35.2 Å². The number of carbonyl (C=O) groups excluding carboxylic acids is 1. The van der Waals surface area contributed by atoms with E-state index in [1.54, 1.807) is 36.2 Å². The molecular weight excluding hydrogens is 387 g/mol. The second-order valence-corrected chi connectivity index (χ2v) is 7.46. The highest BCUT2D eigenvalue weighted by Gasteiger charge is 2.36. The average Bonchev–Trinajstić information content (AvgIpc) is 2.69. The molecule has 0 radical (unpaired) electrons. The maximum Gasteiger partial charge on any atom is 0.407 e. The predicted octanol–water partition coefficient (Wildman–Crippen LogP) is 4.60. The molecule has 0 spiro atoms. The number of nitrogens with zero attached hydrogens (tertiary/aromatic N) is 2. The van der Waals surface area contributed by atoms with E-state index < -0.39 is 6.09 Å². The minimum Gasteiger partial charge on any atom is -0.465 e. The second-order valence-electron chi connectivity index (χ2n) is 6.65. The fourth-order valence-electron chi connectivity index (χ4n) is 3.58. The number of amides is 2. The van der Waals surface area contributed by atoms with Crippen LogP contribution in [0.25, 0.3) is 0 Å². The molecule has 0 aromatic heterocycles. The van der Waals surface area contributed by atoms with Gasteiger partial charge in [-0.2, -0.15) is 0 Å². The number of halogens is 2. The van der Waals surface area contributed by atoms with Crippen LogP contribution in [0.5, 0.6) is 0 Å². The normalized spacial score (nSPS) is 19.6. The van der Waals surface area contributed by atoms with Crippen molar-refractivity contribution in [1.82, 2.24) is 9.80 Å². The first-order chi connectivity index (χ1) is 12.9. The molecule has 0 unspecified atom stereocenters.